The molecule has 0 aromatic carbocycles. The number of thiazole rings is 1. The van der Waals surface area contributed by atoms with Gasteiger partial charge in [0.1, 0.15) is 4.21 Å². The third-order valence-electron chi connectivity index (χ3n) is 4.13. The number of aromatic carboxylic acids is 1. The van der Waals surface area contributed by atoms with Crippen molar-refractivity contribution in [3.63, 3.8) is 0 Å². The number of fused-ring (bicyclic) bond motifs is 1. The number of carboxylic acids is 1. The van der Waals surface area contributed by atoms with E-state index in [1.165, 1.54) is 22.7 Å². The van der Waals surface area contributed by atoms with Crippen molar-refractivity contribution in [2.45, 2.75) is 30.1 Å². The minimum absolute atomic E-state index is 0.0696. The summed E-state index contributed by atoms with van der Waals surface area (Å²) in [6.45, 7) is 2.92. The zero-order chi connectivity index (χ0) is 17.5. The monoisotopic (exact) mass is 387 g/mol. The van der Waals surface area contributed by atoms with Crippen LogP contribution in [0.25, 0.3) is 0 Å². The number of hydrogen-bond donors (Lipinski definition) is 2. The lowest BCUT2D eigenvalue weighted by atomic mass is 10.1. The van der Waals surface area contributed by atoms with Crippen molar-refractivity contribution in [2.75, 3.05) is 13.6 Å². The first-order chi connectivity index (χ1) is 11.3. The fourth-order valence-corrected chi connectivity index (χ4v) is 6.82. The SMILES string of the molecule is C[C@H](c1cncs1)N(C)S(=O)(=O)c1sc2c(c1C(=O)O)CCNC2. The van der Waals surface area contributed by atoms with Crippen LogP contribution in [0.4, 0.5) is 0 Å². The highest BCUT2D eigenvalue weighted by atomic mass is 32.2. The van der Waals surface area contributed by atoms with Crippen LogP contribution in [-0.4, -0.2) is 42.4 Å². The summed E-state index contributed by atoms with van der Waals surface area (Å²) in [5.74, 6) is -1.19. The van der Waals surface area contributed by atoms with E-state index in [1.807, 2.05) is 0 Å². The first-order valence-corrected chi connectivity index (χ1v) is 10.4. The maximum Gasteiger partial charge on any atom is 0.338 e. The standard InChI is InChI=1S/C14H17N3O4S3/c1-8(10-5-16-7-22-10)17(2)24(20,21)14-12(13(18)19)9-3-4-15-6-11(9)23-14/h5,7-8,15H,3-4,6H2,1-2H3,(H,18,19)/t8-/m1/s1. The first-order valence-electron chi connectivity index (χ1n) is 7.29. The Kier molecular flexibility index (Phi) is 4.76. The van der Waals surface area contributed by atoms with Crippen molar-refractivity contribution < 1.29 is 18.3 Å². The van der Waals surface area contributed by atoms with Crippen molar-refractivity contribution in [3.05, 3.63) is 32.6 Å². The van der Waals surface area contributed by atoms with Gasteiger partial charge in [0.05, 0.1) is 17.1 Å². The fraction of sp³-hybridized carbons (Fsp3) is 0.429. The molecule has 3 rings (SSSR count). The lowest BCUT2D eigenvalue weighted by molar-refractivity contribution is 0.0692. The summed E-state index contributed by atoms with van der Waals surface area (Å²) >= 11 is 2.42. The highest BCUT2D eigenvalue weighted by Crippen LogP contribution is 2.38. The van der Waals surface area contributed by atoms with Crippen LogP contribution in [0.15, 0.2) is 15.9 Å². The third kappa shape index (κ3) is 2.88. The van der Waals surface area contributed by atoms with Crippen molar-refractivity contribution in [3.8, 4) is 0 Å². The second-order valence-corrected chi connectivity index (χ2v) is 9.72. The van der Waals surface area contributed by atoms with E-state index >= 15 is 0 Å². The molecule has 0 amide bonds. The number of carboxylic acid groups (broad SMARTS) is 1. The highest BCUT2D eigenvalue weighted by Gasteiger charge is 2.36. The van der Waals surface area contributed by atoms with Gasteiger partial charge in [-0.15, -0.1) is 22.7 Å². The zero-order valence-electron chi connectivity index (χ0n) is 13.1. The molecule has 3 heterocycles. The van der Waals surface area contributed by atoms with E-state index in [-0.39, 0.29) is 9.77 Å². The van der Waals surface area contributed by atoms with Crippen molar-refractivity contribution >= 4 is 38.7 Å². The van der Waals surface area contributed by atoms with Gasteiger partial charge in [-0.2, -0.15) is 4.31 Å². The molecule has 2 aromatic rings. The van der Waals surface area contributed by atoms with Gasteiger partial charge in [0.2, 0.25) is 0 Å². The molecule has 24 heavy (non-hydrogen) atoms. The molecule has 1 aliphatic heterocycles. The smallest absolute Gasteiger partial charge is 0.338 e. The third-order valence-corrected chi connectivity index (χ3v) is 8.73. The number of rotatable bonds is 5. The van der Waals surface area contributed by atoms with E-state index < -0.39 is 22.0 Å². The second kappa shape index (κ2) is 6.52. The molecule has 0 fully saturated rings. The molecule has 0 spiro atoms. The molecule has 10 heteroatoms. The Labute approximate surface area is 148 Å². The number of sulfonamides is 1. The van der Waals surface area contributed by atoms with Gasteiger partial charge >= 0.3 is 5.97 Å². The van der Waals surface area contributed by atoms with Gasteiger partial charge in [-0.25, -0.2) is 13.2 Å². The van der Waals surface area contributed by atoms with Crippen molar-refractivity contribution in [2.24, 2.45) is 0 Å². The summed E-state index contributed by atoms with van der Waals surface area (Å²) < 4.78 is 27.2. The molecule has 7 nitrogen and oxygen atoms in total. The molecule has 130 valence electrons. The van der Waals surface area contributed by atoms with Gasteiger partial charge in [-0.3, -0.25) is 4.98 Å². The lowest BCUT2D eigenvalue weighted by Gasteiger charge is -2.22. The van der Waals surface area contributed by atoms with Crippen LogP contribution in [0.5, 0.6) is 0 Å². The molecule has 0 bridgehead atoms. The van der Waals surface area contributed by atoms with Gasteiger partial charge in [0, 0.05) is 29.5 Å². The number of hydrogen-bond acceptors (Lipinski definition) is 7. The highest BCUT2D eigenvalue weighted by molar-refractivity contribution is 7.91. The largest absolute Gasteiger partial charge is 0.478 e. The molecule has 0 aliphatic carbocycles. The van der Waals surface area contributed by atoms with Gasteiger partial charge in [-0.1, -0.05) is 0 Å². The quantitative estimate of drug-likeness (QED) is 0.813. The number of carbonyl (C=O) groups is 1. The summed E-state index contributed by atoms with van der Waals surface area (Å²) in [4.78, 5) is 17.3. The van der Waals surface area contributed by atoms with Gasteiger partial charge in [-0.05, 0) is 25.5 Å². The number of nitrogens with one attached hydrogen (secondary N) is 1. The maximum atomic E-state index is 13.0. The molecular weight excluding hydrogens is 370 g/mol. The van der Waals surface area contributed by atoms with E-state index in [1.54, 1.807) is 18.6 Å². The number of nitrogens with zero attached hydrogens (tertiary/aromatic N) is 2. The minimum atomic E-state index is -3.91. The van der Waals surface area contributed by atoms with Crippen LogP contribution in [0.1, 0.15) is 38.6 Å². The Morgan fingerprint density at radius 1 is 1.50 bits per heavy atom. The summed E-state index contributed by atoms with van der Waals surface area (Å²) in [6.07, 6.45) is 2.15. The van der Waals surface area contributed by atoms with E-state index in [2.05, 4.69) is 10.3 Å². The molecule has 0 saturated heterocycles. The summed E-state index contributed by atoms with van der Waals surface area (Å²) in [5.41, 5.74) is 2.22. The molecule has 1 atom stereocenters. The Morgan fingerprint density at radius 2 is 2.25 bits per heavy atom. The van der Waals surface area contributed by atoms with Gasteiger partial charge in [0.25, 0.3) is 10.0 Å². The summed E-state index contributed by atoms with van der Waals surface area (Å²) in [6, 6.07) is -0.415. The zero-order valence-corrected chi connectivity index (χ0v) is 15.6. The van der Waals surface area contributed by atoms with E-state index in [0.29, 0.717) is 25.1 Å². The Bertz CT molecular complexity index is 858. The number of aromatic nitrogens is 1. The average molecular weight is 388 g/mol. The van der Waals surface area contributed by atoms with Crippen LogP contribution >= 0.6 is 22.7 Å². The van der Waals surface area contributed by atoms with Crippen molar-refractivity contribution in [1.82, 2.24) is 14.6 Å². The Morgan fingerprint density at radius 3 is 2.88 bits per heavy atom. The topological polar surface area (TPSA) is 99.6 Å². The Balaban J connectivity index is 2.07. The predicted molar refractivity (Wildman–Crippen MR) is 92.2 cm³/mol. The molecular formula is C14H17N3O4S3. The number of thiophene rings is 1. The normalized spacial score (nSPS) is 16.1. The van der Waals surface area contributed by atoms with E-state index in [0.717, 1.165) is 21.1 Å². The van der Waals surface area contributed by atoms with Crippen LogP contribution < -0.4 is 5.32 Å². The van der Waals surface area contributed by atoms with E-state index in [4.69, 9.17) is 0 Å². The molecule has 2 N–H and O–H groups in total. The van der Waals surface area contributed by atoms with E-state index in [9.17, 15) is 18.3 Å². The maximum absolute atomic E-state index is 13.0. The van der Waals surface area contributed by atoms with Gasteiger partial charge < -0.3 is 10.4 Å². The molecule has 0 radical (unpaired) electrons. The van der Waals surface area contributed by atoms with Crippen LogP contribution in [0, 0.1) is 0 Å². The Hall–Kier alpha value is -1.33. The van der Waals surface area contributed by atoms with Crippen LogP contribution in [0.2, 0.25) is 0 Å². The fourth-order valence-electron chi connectivity index (χ4n) is 2.66. The lowest BCUT2D eigenvalue weighted by Crippen LogP contribution is -2.30. The van der Waals surface area contributed by atoms with Crippen LogP contribution in [0.3, 0.4) is 0 Å². The summed E-state index contributed by atoms with van der Waals surface area (Å²) in [5, 5.41) is 12.7. The molecule has 1 aliphatic rings. The van der Waals surface area contributed by atoms with Crippen LogP contribution in [-0.2, 0) is 23.0 Å². The first kappa shape index (κ1) is 17.5. The molecule has 0 unspecified atom stereocenters. The molecule has 0 saturated carbocycles. The van der Waals surface area contributed by atoms with Gasteiger partial charge in [0.15, 0.2) is 0 Å². The second-order valence-electron chi connectivity index (χ2n) is 5.50. The minimum Gasteiger partial charge on any atom is -0.478 e. The van der Waals surface area contributed by atoms with Crippen molar-refractivity contribution in [1.29, 1.82) is 0 Å². The molecule has 2 aromatic heterocycles. The average Bonchev–Trinajstić information content (AvgIpc) is 3.20. The summed E-state index contributed by atoms with van der Waals surface area (Å²) in [7, 11) is -2.44. The predicted octanol–water partition coefficient (Wildman–Crippen LogP) is 1.93.